The van der Waals surface area contributed by atoms with Gasteiger partial charge in [0.15, 0.2) is 3.42 Å². The minimum absolute atomic E-state index is 0.451. The van der Waals surface area contributed by atoms with Gasteiger partial charge in [-0.05, 0) is 0 Å². The zero-order valence-corrected chi connectivity index (χ0v) is 7.02. The molecular formula is C2H5Cl3Si. The maximum Gasteiger partial charge on any atom is 0.169 e. The number of hydrogen-bond donors (Lipinski definition) is 0. The monoisotopic (exact) mass is 162 g/mol. The lowest BCUT2D eigenvalue weighted by atomic mass is 11.8. The van der Waals surface area contributed by atoms with Gasteiger partial charge in [-0.2, -0.15) is 0 Å². The van der Waals surface area contributed by atoms with E-state index in [-0.39, 0.29) is 0 Å². The summed E-state index contributed by atoms with van der Waals surface area (Å²) in [5.41, 5.74) is 0. The van der Waals surface area contributed by atoms with Crippen LogP contribution in [0.5, 0.6) is 0 Å². The van der Waals surface area contributed by atoms with Crippen molar-refractivity contribution in [3.63, 3.8) is 0 Å². The predicted octanol–water partition coefficient (Wildman–Crippen LogP) is 1.53. The van der Waals surface area contributed by atoms with Gasteiger partial charge in [0.05, 0.1) is 9.52 Å². The van der Waals surface area contributed by atoms with Crippen LogP contribution in [-0.4, -0.2) is 12.9 Å². The van der Waals surface area contributed by atoms with Crippen LogP contribution in [0, 0.1) is 0 Å². The highest BCUT2D eigenvalue weighted by molar-refractivity contribution is 6.86. The molecule has 38 valence electrons. The molecule has 0 aliphatic heterocycles. The fourth-order valence-electron chi connectivity index (χ4n) is 0. The van der Waals surface area contributed by atoms with Crippen LogP contribution >= 0.6 is 34.8 Å². The topological polar surface area (TPSA) is 0 Å². The molecule has 0 fully saturated rings. The van der Waals surface area contributed by atoms with Crippen molar-refractivity contribution in [2.45, 2.75) is 9.96 Å². The molecule has 0 N–H and O–H groups in total. The summed E-state index contributed by atoms with van der Waals surface area (Å²) >= 11 is 15.9. The largest absolute Gasteiger partial charge is 0.169 e. The average molecular weight is 164 g/mol. The maximum atomic E-state index is 5.31. The van der Waals surface area contributed by atoms with Crippen molar-refractivity contribution < 1.29 is 0 Å². The van der Waals surface area contributed by atoms with Gasteiger partial charge in [0, 0.05) is 0 Å². The molecule has 0 aliphatic carbocycles. The molecule has 0 bridgehead atoms. The van der Waals surface area contributed by atoms with Crippen LogP contribution in [-0.2, 0) is 0 Å². The fourth-order valence-corrected chi connectivity index (χ4v) is 0. The molecular weight excluding hydrogens is 158 g/mol. The van der Waals surface area contributed by atoms with E-state index in [4.69, 9.17) is 34.8 Å². The second-order valence-corrected chi connectivity index (χ2v) is 6.60. The van der Waals surface area contributed by atoms with Crippen LogP contribution in [0.15, 0.2) is 0 Å². The summed E-state index contributed by atoms with van der Waals surface area (Å²) in [6.07, 6.45) is 0. The van der Waals surface area contributed by atoms with Crippen LogP contribution in [0.25, 0.3) is 0 Å². The second-order valence-electron chi connectivity index (χ2n) is 0.969. The number of rotatable bonds is 0. The summed E-state index contributed by atoms with van der Waals surface area (Å²) in [6.45, 7) is 1.95. The van der Waals surface area contributed by atoms with Crippen LogP contribution < -0.4 is 0 Å². The van der Waals surface area contributed by atoms with E-state index in [1.165, 1.54) is 0 Å². The van der Waals surface area contributed by atoms with E-state index in [1.807, 2.05) is 6.55 Å². The molecule has 0 spiro atoms. The Bertz CT molecular complexity index is 38.5. The lowest BCUT2D eigenvalue weighted by molar-refractivity contribution is 1.69. The first-order chi connectivity index (χ1) is 2.56. The Labute approximate surface area is 54.6 Å². The standard InChI is InChI=1S/C2H5Cl3Si/c1-6-2(3,4)5/h6H2,1H3. The van der Waals surface area contributed by atoms with Gasteiger partial charge in [-0.15, -0.1) is 0 Å². The first-order valence-corrected chi connectivity index (χ1v) is 4.88. The van der Waals surface area contributed by atoms with Crippen molar-refractivity contribution in [1.82, 2.24) is 0 Å². The molecule has 0 aliphatic rings. The Morgan fingerprint density at radius 3 is 1.50 bits per heavy atom. The Morgan fingerprint density at radius 2 is 1.50 bits per heavy atom. The van der Waals surface area contributed by atoms with Crippen LogP contribution in [0.2, 0.25) is 6.55 Å². The van der Waals surface area contributed by atoms with Crippen molar-refractivity contribution in [1.29, 1.82) is 0 Å². The van der Waals surface area contributed by atoms with Crippen molar-refractivity contribution in [2.75, 3.05) is 0 Å². The third kappa shape index (κ3) is 5.09. The Hall–Kier alpha value is 1.09. The highest BCUT2D eigenvalue weighted by atomic mass is 35.6. The highest BCUT2D eigenvalue weighted by Gasteiger charge is 2.14. The zero-order valence-electron chi connectivity index (χ0n) is 3.34. The summed E-state index contributed by atoms with van der Waals surface area (Å²) in [5.74, 6) is 0. The summed E-state index contributed by atoms with van der Waals surface area (Å²) in [6, 6.07) is 0. The van der Waals surface area contributed by atoms with Gasteiger partial charge >= 0.3 is 0 Å². The second kappa shape index (κ2) is 2.41. The Kier molecular flexibility index (Phi) is 2.84. The van der Waals surface area contributed by atoms with Gasteiger partial charge in [-0.25, -0.2) is 0 Å². The SMILES string of the molecule is C[SiH2]C(Cl)(Cl)Cl. The Balaban J connectivity index is 3.17. The number of hydrogen-bond acceptors (Lipinski definition) is 0. The molecule has 0 aromatic carbocycles. The van der Waals surface area contributed by atoms with E-state index in [0.717, 1.165) is 0 Å². The van der Waals surface area contributed by atoms with Crippen molar-refractivity contribution in [2.24, 2.45) is 0 Å². The van der Waals surface area contributed by atoms with Crippen LogP contribution in [0.4, 0.5) is 0 Å². The lowest BCUT2D eigenvalue weighted by Gasteiger charge is -2.02. The highest BCUT2D eigenvalue weighted by Crippen LogP contribution is 2.23. The maximum absolute atomic E-state index is 5.31. The van der Waals surface area contributed by atoms with Gasteiger partial charge in [0.25, 0.3) is 0 Å². The summed E-state index contributed by atoms with van der Waals surface area (Å²) in [7, 11) is -0.451. The lowest BCUT2D eigenvalue weighted by Crippen LogP contribution is -2.08. The normalized spacial score (nSPS) is 14.0. The molecule has 0 saturated carbocycles. The third-order valence-corrected chi connectivity index (χ3v) is 3.61. The average Bonchev–Trinajstić information content (AvgIpc) is 1.35. The minimum Gasteiger partial charge on any atom is -0.0890 e. The van der Waals surface area contributed by atoms with E-state index in [0.29, 0.717) is 0 Å². The molecule has 0 aromatic heterocycles. The molecule has 0 radical (unpaired) electrons. The molecule has 6 heavy (non-hydrogen) atoms. The minimum atomic E-state index is -0.903. The van der Waals surface area contributed by atoms with Gasteiger partial charge in [-0.3, -0.25) is 0 Å². The van der Waals surface area contributed by atoms with E-state index in [9.17, 15) is 0 Å². The molecule has 0 nitrogen and oxygen atoms in total. The summed E-state index contributed by atoms with van der Waals surface area (Å²) in [4.78, 5) is 0. The first-order valence-electron chi connectivity index (χ1n) is 1.63. The van der Waals surface area contributed by atoms with Crippen LogP contribution in [0.3, 0.4) is 0 Å². The fraction of sp³-hybridized carbons (Fsp3) is 1.00. The summed E-state index contributed by atoms with van der Waals surface area (Å²) < 4.78 is -0.903. The molecule has 0 atom stereocenters. The first kappa shape index (κ1) is 7.09. The zero-order chi connectivity index (χ0) is 5.21. The predicted molar refractivity (Wildman–Crippen MR) is 34.7 cm³/mol. The molecule has 0 aromatic rings. The van der Waals surface area contributed by atoms with Gasteiger partial charge in [0.1, 0.15) is 0 Å². The van der Waals surface area contributed by atoms with E-state index in [1.54, 1.807) is 0 Å². The molecule has 0 heterocycles. The molecule has 0 unspecified atom stereocenters. The summed E-state index contributed by atoms with van der Waals surface area (Å²) in [5, 5.41) is 0. The van der Waals surface area contributed by atoms with Gasteiger partial charge in [-0.1, -0.05) is 41.3 Å². The van der Waals surface area contributed by atoms with Crippen molar-refractivity contribution in [3.8, 4) is 0 Å². The van der Waals surface area contributed by atoms with Gasteiger partial charge < -0.3 is 0 Å². The van der Waals surface area contributed by atoms with Gasteiger partial charge in [0.2, 0.25) is 0 Å². The molecule has 0 saturated heterocycles. The smallest absolute Gasteiger partial charge is 0.0890 e. The quantitative estimate of drug-likeness (QED) is 0.375. The van der Waals surface area contributed by atoms with E-state index in [2.05, 4.69) is 0 Å². The third-order valence-electron chi connectivity index (χ3n) is 0.401. The van der Waals surface area contributed by atoms with E-state index >= 15 is 0 Å². The molecule has 4 heteroatoms. The number of alkyl halides is 3. The van der Waals surface area contributed by atoms with Crippen molar-refractivity contribution >= 4 is 44.3 Å². The molecule has 0 amide bonds. The number of halogens is 3. The van der Waals surface area contributed by atoms with Crippen molar-refractivity contribution in [3.05, 3.63) is 0 Å². The Morgan fingerprint density at radius 1 is 1.33 bits per heavy atom. The molecule has 0 rings (SSSR count). The van der Waals surface area contributed by atoms with E-state index < -0.39 is 12.9 Å². The van der Waals surface area contributed by atoms with Crippen LogP contribution in [0.1, 0.15) is 0 Å².